The largest absolute Gasteiger partial charge is 0.459 e. The van der Waals surface area contributed by atoms with E-state index in [4.69, 9.17) is 10.2 Å². The van der Waals surface area contributed by atoms with Crippen LogP contribution in [0.3, 0.4) is 0 Å². The number of hydrogen-bond acceptors (Lipinski definition) is 8. The standard InChI is InChI=1S/C15H12N4O3S2/c16-14-18-19-15(24-14)23-8-11(20)9-3-5-10(6-4-9)17-13(21)12-2-1-7-22-12/h1-7H,8H2,(H2,16,18)(H,17,21). The van der Waals surface area contributed by atoms with Gasteiger partial charge in [-0.1, -0.05) is 23.1 Å². The minimum atomic E-state index is -0.344. The molecule has 0 fully saturated rings. The first-order valence-electron chi connectivity index (χ1n) is 6.82. The second-order valence-corrected chi connectivity index (χ2v) is 6.86. The molecule has 0 aliphatic heterocycles. The number of nitrogens with one attached hydrogen (secondary N) is 1. The van der Waals surface area contributed by atoms with Crippen LogP contribution in [-0.2, 0) is 0 Å². The van der Waals surface area contributed by atoms with Crippen LogP contribution in [0.25, 0.3) is 0 Å². The monoisotopic (exact) mass is 360 g/mol. The van der Waals surface area contributed by atoms with Crippen LogP contribution in [-0.4, -0.2) is 27.6 Å². The molecule has 24 heavy (non-hydrogen) atoms. The molecule has 0 saturated heterocycles. The van der Waals surface area contributed by atoms with Crippen molar-refractivity contribution in [3.8, 4) is 0 Å². The summed E-state index contributed by atoms with van der Waals surface area (Å²) in [7, 11) is 0. The van der Waals surface area contributed by atoms with Gasteiger partial charge in [0.15, 0.2) is 15.9 Å². The van der Waals surface area contributed by atoms with Gasteiger partial charge in [-0.3, -0.25) is 9.59 Å². The summed E-state index contributed by atoms with van der Waals surface area (Å²) in [6.07, 6.45) is 1.43. The van der Waals surface area contributed by atoms with Crippen LogP contribution in [0.2, 0.25) is 0 Å². The van der Waals surface area contributed by atoms with Crippen molar-refractivity contribution in [2.75, 3.05) is 16.8 Å². The zero-order chi connectivity index (χ0) is 16.9. The van der Waals surface area contributed by atoms with E-state index in [1.807, 2.05) is 0 Å². The van der Waals surface area contributed by atoms with Crippen molar-refractivity contribution in [2.24, 2.45) is 0 Å². The maximum atomic E-state index is 12.1. The van der Waals surface area contributed by atoms with Crippen molar-refractivity contribution < 1.29 is 14.0 Å². The van der Waals surface area contributed by atoms with Crippen molar-refractivity contribution >= 4 is 45.6 Å². The molecule has 1 amide bonds. The molecular weight excluding hydrogens is 348 g/mol. The van der Waals surface area contributed by atoms with E-state index >= 15 is 0 Å². The molecule has 3 aromatic rings. The van der Waals surface area contributed by atoms with Crippen molar-refractivity contribution in [3.05, 3.63) is 54.0 Å². The van der Waals surface area contributed by atoms with Gasteiger partial charge < -0.3 is 15.5 Å². The molecule has 0 bridgehead atoms. The van der Waals surface area contributed by atoms with Crippen LogP contribution < -0.4 is 11.1 Å². The summed E-state index contributed by atoms with van der Waals surface area (Å²) in [5.74, 6) is 0.0799. The van der Waals surface area contributed by atoms with Gasteiger partial charge in [0.25, 0.3) is 5.91 Å². The Morgan fingerprint density at radius 3 is 2.62 bits per heavy atom. The third kappa shape index (κ3) is 4.00. The van der Waals surface area contributed by atoms with Gasteiger partial charge in [-0.15, -0.1) is 10.2 Å². The molecule has 2 aromatic heterocycles. The summed E-state index contributed by atoms with van der Waals surface area (Å²) >= 11 is 2.53. The third-order valence-corrected chi connectivity index (χ3v) is 4.84. The predicted molar refractivity (Wildman–Crippen MR) is 92.5 cm³/mol. The molecule has 0 aliphatic rings. The first-order valence-corrected chi connectivity index (χ1v) is 8.62. The minimum absolute atomic E-state index is 0.0438. The maximum absolute atomic E-state index is 12.1. The number of carbonyl (C=O) groups excluding carboxylic acids is 2. The first-order chi connectivity index (χ1) is 11.6. The van der Waals surface area contributed by atoms with E-state index in [9.17, 15) is 9.59 Å². The normalized spacial score (nSPS) is 10.5. The van der Waals surface area contributed by atoms with Crippen molar-refractivity contribution in [1.82, 2.24) is 10.2 Å². The van der Waals surface area contributed by atoms with Crippen LogP contribution >= 0.6 is 23.1 Å². The molecule has 7 nitrogen and oxygen atoms in total. The van der Waals surface area contributed by atoms with Crippen LogP contribution in [0, 0.1) is 0 Å². The summed E-state index contributed by atoms with van der Waals surface area (Å²) in [6.45, 7) is 0. The van der Waals surface area contributed by atoms with Gasteiger partial charge >= 0.3 is 0 Å². The summed E-state index contributed by atoms with van der Waals surface area (Å²) in [4.78, 5) is 24.0. The zero-order valence-corrected chi connectivity index (χ0v) is 13.9. The number of nitrogens with zero attached hydrogens (tertiary/aromatic N) is 2. The number of rotatable bonds is 6. The van der Waals surface area contributed by atoms with Gasteiger partial charge in [0, 0.05) is 11.3 Å². The average molecular weight is 360 g/mol. The number of anilines is 2. The smallest absolute Gasteiger partial charge is 0.291 e. The number of thioether (sulfide) groups is 1. The van der Waals surface area contributed by atoms with E-state index < -0.39 is 0 Å². The fourth-order valence-electron chi connectivity index (χ4n) is 1.83. The molecule has 122 valence electrons. The van der Waals surface area contributed by atoms with Crippen molar-refractivity contribution in [3.63, 3.8) is 0 Å². The number of Topliss-reactive ketones (excluding diaryl/α,β-unsaturated/α-hetero) is 1. The number of carbonyl (C=O) groups is 2. The summed E-state index contributed by atoms with van der Waals surface area (Å²) in [6, 6.07) is 9.87. The molecule has 0 radical (unpaired) electrons. The molecule has 0 atom stereocenters. The van der Waals surface area contributed by atoms with Crippen molar-refractivity contribution in [1.29, 1.82) is 0 Å². The molecule has 0 unspecified atom stereocenters. The summed E-state index contributed by atoms with van der Waals surface area (Å²) in [5.41, 5.74) is 6.63. The van der Waals surface area contributed by atoms with E-state index in [1.165, 1.54) is 29.4 Å². The summed E-state index contributed by atoms with van der Waals surface area (Å²) in [5, 5.41) is 10.6. The number of benzene rings is 1. The van der Waals surface area contributed by atoms with Crippen molar-refractivity contribution in [2.45, 2.75) is 4.34 Å². The lowest BCUT2D eigenvalue weighted by Crippen LogP contribution is -2.11. The third-order valence-electron chi connectivity index (χ3n) is 2.96. The Labute approximate surface area is 145 Å². The van der Waals surface area contributed by atoms with Crippen LogP contribution in [0.15, 0.2) is 51.4 Å². The van der Waals surface area contributed by atoms with E-state index in [1.54, 1.807) is 36.4 Å². The first kappa shape index (κ1) is 16.2. The Morgan fingerprint density at radius 1 is 1.21 bits per heavy atom. The Kier molecular flexibility index (Phi) is 4.92. The lowest BCUT2D eigenvalue weighted by atomic mass is 10.1. The van der Waals surface area contributed by atoms with Crippen LogP contribution in [0.5, 0.6) is 0 Å². The number of amides is 1. The predicted octanol–water partition coefficient (Wildman–Crippen LogP) is 2.94. The zero-order valence-electron chi connectivity index (χ0n) is 12.3. The van der Waals surface area contributed by atoms with E-state index in [-0.39, 0.29) is 23.2 Å². The molecule has 0 aliphatic carbocycles. The maximum Gasteiger partial charge on any atom is 0.291 e. The second-order valence-electron chi connectivity index (χ2n) is 4.63. The number of furan rings is 1. The lowest BCUT2D eigenvalue weighted by Gasteiger charge is -2.04. The molecule has 0 saturated carbocycles. The number of ketones is 1. The minimum Gasteiger partial charge on any atom is -0.459 e. The highest BCUT2D eigenvalue weighted by atomic mass is 32.2. The number of aromatic nitrogens is 2. The highest BCUT2D eigenvalue weighted by Crippen LogP contribution is 2.24. The molecule has 1 aromatic carbocycles. The van der Waals surface area contributed by atoms with Gasteiger partial charge in [0.05, 0.1) is 12.0 Å². The van der Waals surface area contributed by atoms with Gasteiger partial charge in [-0.25, -0.2) is 0 Å². The average Bonchev–Trinajstić information content (AvgIpc) is 3.25. The Balaban J connectivity index is 1.57. The van der Waals surface area contributed by atoms with Gasteiger partial charge in [-0.2, -0.15) is 0 Å². The molecule has 2 heterocycles. The van der Waals surface area contributed by atoms with Gasteiger partial charge in [0.1, 0.15) is 0 Å². The Hall–Kier alpha value is -2.65. The number of nitrogen functional groups attached to an aromatic ring is 1. The topological polar surface area (TPSA) is 111 Å². The van der Waals surface area contributed by atoms with Crippen LogP contribution in [0.4, 0.5) is 10.8 Å². The highest BCUT2D eigenvalue weighted by Gasteiger charge is 2.11. The molecule has 3 N–H and O–H groups in total. The number of nitrogens with two attached hydrogens (primary N) is 1. The quantitative estimate of drug-likeness (QED) is 0.513. The van der Waals surface area contributed by atoms with E-state index in [0.29, 0.717) is 20.7 Å². The summed E-state index contributed by atoms with van der Waals surface area (Å²) < 4.78 is 5.67. The molecule has 3 rings (SSSR count). The van der Waals surface area contributed by atoms with Crippen LogP contribution in [0.1, 0.15) is 20.9 Å². The molecule has 9 heteroatoms. The SMILES string of the molecule is Nc1nnc(SCC(=O)c2ccc(NC(=O)c3ccco3)cc2)s1. The highest BCUT2D eigenvalue weighted by molar-refractivity contribution is 8.01. The van der Waals surface area contributed by atoms with Gasteiger partial charge in [-0.05, 0) is 36.4 Å². The lowest BCUT2D eigenvalue weighted by molar-refractivity contribution is 0.0995. The van der Waals surface area contributed by atoms with E-state index in [0.717, 1.165) is 0 Å². The second kappa shape index (κ2) is 7.28. The molecule has 0 spiro atoms. The fourth-order valence-corrected chi connectivity index (χ4v) is 3.36. The van der Waals surface area contributed by atoms with Gasteiger partial charge in [0.2, 0.25) is 5.13 Å². The van der Waals surface area contributed by atoms with E-state index in [2.05, 4.69) is 15.5 Å². The Bertz CT molecular complexity index is 844. The molecular formula is C15H12N4O3S2. The fraction of sp³-hybridized carbons (Fsp3) is 0.0667. The number of hydrogen-bond donors (Lipinski definition) is 2. The Morgan fingerprint density at radius 2 is 2.00 bits per heavy atom.